The van der Waals surface area contributed by atoms with Crippen LogP contribution in [-0.4, -0.2) is 16.1 Å². The SMILES string of the molecule is CC(C)c1c(NN)ncnc1OC1CCC(C)(C)CC1. The maximum Gasteiger partial charge on any atom is 0.222 e. The van der Waals surface area contributed by atoms with E-state index in [1.165, 1.54) is 19.2 Å². The Kier molecular flexibility index (Phi) is 4.48. The van der Waals surface area contributed by atoms with Crippen LogP contribution in [0.25, 0.3) is 0 Å². The maximum absolute atomic E-state index is 6.14. The summed E-state index contributed by atoms with van der Waals surface area (Å²) in [6.45, 7) is 8.83. The van der Waals surface area contributed by atoms with E-state index in [0.717, 1.165) is 18.4 Å². The minimum absolute atomic E-state index is 0.251. The largest absolute Gasteiger partial charge is 0.474 e. The number of nitrogens with two attached hydrogens (primary N) is 1. The van der Waals surface area contributed by atoms with Gasteiger partial charge in [0.05, 0.1) is 5.56 Å². The molecule has 1 aliphatic carbocycles. The highest BCUT2D eigenvalue weighted by atomic mass is 16.5. The number of hydrogen-bond donors (Lipinski definition) is 2. The molecule has 1 aliphatic rings. The summed E-state index contributed by atoms with van der Waals surface area (Å²) in [7, 11) is 0. The number of ether oxygens (including phenoxy) is 1. The summed E-state index contributed by atoms with van der Waals surface area (Å²) in [4.78, 5) is 8.48. The molecule has 2 rings (SSSR count). The van der Waals surface area contributed by atoms with Crippen molar-refractivity contribution < 1.29 is 4.74 Å². The highest BCUT2D eigenvalue weighted by Crippen LogP contribution is 2.38. The molecular formula is C15H26N4O. The summed E-state index contributed by atoms with van der Waals surface area (Å²) in [6, 6.07) is 0. The first-order chi connectivity index (χ1) is 9.43. The molecule has 1 saturated carbocycles. The van der Waals surface area contributed by atoms with Crippen LogP contribution in [-0.2, 0) is 0 Å². The predicted molar refractivity (Wildman–Crippen MR) is 80.6 cm³/mol. The molecule has 0 amide bonds. The van der Waals surface area contributed by atoms with Crippen LogP contribution in [0.1, 0.15) is 64.9 Å². The van der Waals surface area contributed by atoms with Crippen LogP contribution in [0.4, 0.5) is 5.82 Å². The maximum atomic E-state index is 6.14. The van der Waals surface area contributed by atoms with Gasteiger partial charge in [0.2, 0.25) is 5.88 Å². The van der Waals surface area contributed by atoms with Crippen LogP contribution in [0, 0.1) is 5.41 Å². The van der Waals surface area contributed by atoms with Crippen molar-refractivity contribution in [2.75, 3.05) is 5.43 Å². The van der Waals surface area contributed by atoms with Crippen LogP contribution in [0.5, 0.6) is 5.88 Å². The predicted octanol–water partition coefficient (Wildman–Crippen LogP) is 3.23. The number of hydrogen-bond acceptors (Lipinski definition) is 5. The zero-order valence-electron chi connectivity index (χ0n) is 12.9. The Morgan fingerprint density at radius 1 is 1.30 bits per heavy atom. The Hall–Kier alpha value is -1.36. The van der Waals surface area contributed by atoms with E-state index in [9.17, 15) is 0 Å². The van der Waals surface area contributed by atoms with E-state index in [-0.39, 0.29) is 12.0 Å². The molecule has 0 saturated heterocycles. The molecular weight excluding hydrogens is 252 g/mol. The summed E-state index contributed by atoms with van der Waals surface area (Å²) in [5, 5.41) is 0. The summed E-state index contributed by atoms with van der Waals surface area (Å²) in [5.74, 6) is 7.12. The average molecular weight is 278 g/mol. The van der Waals surface area contributed by atoms with Gasteiger partial charge in [-0.2, -0.15) is 0 Å². The van der Waals surface area contributed by atoms with Gasteiger partial charge < -0.3 is 10.2 Å². The van der Waals surface area contributed by atoms with Crippen molar-refractivity contribution in [3.63, 3.8) is 0 Å². The van der Waals surface area contributed by atoms with Crippen LogP contribution in [0.2, 0.25) is 0 Å². The molecule has 112 valence electrons. The van der Waals surface area contributed by atoms with Crippen LogP contribution >= 0.6 is 0 Å². The monoisotopic (exact) mass is 278 g/mol. The molecule has 0 unspecified atom stereocenters. The van der Waals surface area contributed by atoms with E-state index in [4.69, 9.17) is 10.6 Å². The fourth-order valence-electron chi connectivity index (χ4n) is 2.76. The van der Waals surface area contributed by atoms with E-state index in [0.29, 0.717) is 17.1 Å². The van der Waals surface area contributed by atoms with E-state index in [1.54, 1.807) is 0 Å². The van der Waals surface area contributed by atoms with Gasteiger partial charge in [0.1, 0.15) is 12.4 Å². The standard InChI is InChI=1S/C15H26N4O/c1-10(2)12-13(19-16)17-9-18-14(12)20-11-5-7-15(3,4)8-6-11/h9-11H,5-8,16H2,1-4H3,(H,17,18,19). The highest BCUT2D eigenvalue weighted by Gasteiger charge is 2.29. The fourth-order valence-corrected chi connectivity index (χ4v) is 2.76. The van der Waals surface area contributed by atoms with E-state index in [2.05, 4.69) is 43.1 Å². The number of nitrogens with zero attached hydrogens (tertiary/aromatic N) is 2. The lowest BCUT2D eigenvalue weighted by molar-refractivity contribution is 0.0937. The Balaban J connectivity index is 2.14. The Morgan fingerprint density at radius 2 is 1.95 bits per heavy atom. The van der Waals surface area contributed by atoms with Gasteiger partial charge in [0.25, 0.3) is 0 Å². The second kappa shape index (κ2) is 5.95. The molecule has 1 heterocycles. The lowest BCUT2D eigenvalue weighted by Crippen LogP contribution is -2.29. The molecule has 20 heavy (non-hydrogen) atoms. The molecule has 0 spiro atoms. The third-order valence-corrected chi connectivity index (χ3v) is 4.13. The Labute approximate surface area is 121 Å². The first-order valence-electron chi connectivity index (χ1n) is 7.41. The van der Waals surface area contributed by atoms with Crippen molar-refractivity contribution in [3.05, 3.63) is 11.9 Å². The first kappa shape index (κ1) is 15.0. The molecule has 0 aromatic carbocycles. The molecule has 1 aromatic heterocycles. The smallest absolute Gasteiger partial charge is 0.222 e. The van der Waals surface area contributed by atoms with Crippen molar-refractivity contribution in [1.29, 1.82) is 0 Å². The van der Waals surface area contributed by atoms with Crippen molar-refractivity contribution in [3.8, 4) is 5.88 Å². The van der Waals surface area contributed by atoms with Crippen LogP contribution in [0.3, 0.4) is 0 Å². The second-order valence-corrected chi connectivity index (χ2v) is 6.72. The normalized spacial score (nSPS) is 19.1. The van der Waals surface area contributed by atoms with Gasteiger partial charge >= 0.3 is 0 Å². The van der Waals surface area contributed by atoms with E-state index in [1.807, 2.05) is 0 Å². The van der Waals surface area contributed by atoms with Gasteiger partial charge in [-0.05, 0) is 37.0 Å². The van der Waals surface area contributed by atoms with Gasteiger partial charge in [-0.25, -0.2) is 15.8 Å². The third-order valence-electron chi connectivity index (χ3n) is 4.13. The third kappa shape index (κ3) is 3.39. The number of nitrogens with one attached hydrogen (secondary N) is 1. The van der Waals surface area contributed by atoms with Crippen molar-refractivity contribution >= 4 is 5.82 Å². The summed E-state index contributed by atoms with van der Waals surface area (Å²) < 4.78 is 6.14. The summed E-state index contributed by atoms with van der Waals surface area (Å²) in [5.41, 5.74) is 4.04. The van der Waals surface area contributed by atoms with Crippen molar-refractivity contribution in [2.24, 2.45) is 11.3 Å². The Bertz CT molecular complexity index is 449. The average Bonchev–Trinajstić information content (AvgIpc) is 2.40. The zero-order chi connectivity index (χ0) is 14.8. The quantitative estimate of drug-likeness (QED) is 0.653. The Morgan fingerprint density at radius 3 is 2.50 bits per heavy atom. The molecule has 0 aliphatic heterocycles. The molecule has 5 heteroatoms. The molecule has 0 radical (unpaired) electrons. The van der Waals surface area contributed by atoms with E-state index < -0.39 is 0 Å². The summed E-state index contributed by atoms with van der Waals surface area (Å²) >= 11 is 0. The van der Waals surface area contributed by atoms with Crippen molar-refractivity contribution in [1.82, 2.24) is 9.97 Å². The number of rotatable bonds is 4. The van der Waals surface area contributed by atoms with Gasteiger partial charge in [0.15, 0.2) is 5.82 Å². The van der Waals surface area contributed by atoms with Gasteiger partial charge in [-0.3, -0.25) is 0 Å². The van der Waals surface area contributed by atoms with Crippen molar-refractivity contribution in [2.45, 2.75) is 65.4 Å². The van der Waals surface area contributed by atoms with Crippen LogP contribution < -0.4 is 16.0 Å². The molecule has 0 atom stereocenters. The minimum Gasteiger partial charge on any atom is -0.474 e. The van der Waals surface area contributed by atoms with Gasteiger partial charge in [-0.1, -0.05) is 27.7 Å². The van der Waals surface area contributed by atoms with Gasteiger partial charge in [-0.15, -0.1) is 0 Å². The molecule has 5 nitrogen and oxygen atoms in total. The number of hydrazine groups is 1. The lowest BCUT2D eigenvalue weighted by atomic mass is 9.76. The second-order valence-electron chi connectivity index (χ2n) is 6.72. The van der Waals surface area contributed by atoms with E-state index >= 15 is 0 Å². The van der Waals surface area contributed by atoms with Crippen LogP contribution in [0.15, 0.2) is 6.33 Å². The fraction of sp³-hybridized carbons (Fsp3) is 0.733. The van der Waals surface area contributed by atoms with Gasteiger partial charge in [0, 0.05) is 0 Å². The molecule has 1 fully saturated rings. The molecule has 0 bridgehead atoms. The minimum atomic E-state index is 0.251. The zero-order valence-corrected chi connectivity index (χ0v) is 12.9. The first-order valence-corrected chi connectivity index (χ1v) is 7.41. The molecule has 1 aromatic rings. The lowest BCUT2D eigenvalue weighted by Gasteiger charge is -2.34. The topological polar surface area (TPSA) is 73.1 Å². The summed E-state index contributed by atoms with van der Waals surface area (Å²) in [6.07, 6.45) is 6.31. The number of anilines is 1. The number of nitrogen functional groups attached to an aromatic ring is 1. The highest BCUT2D eigenvalue weighted by molar-refractivity contribution is 5.49. The molecule has 3 N–H and O–H groups in total. The number of aromatic nitrogens is 2.